The molecular weight excluding hydrogens is 422 g/mol. The number of fused-ring (bicyclic) bond motifs is 4. The third-order valence-corrected chi connectivity index (χ3v) is 12.7. The summed E-state index contributed by atoms with van der Waals surface area (Å²) < 4.78 is 0. The highest BCUT2D eigenvalue weighted by Gasteiger charge is 2.51. The first-order chi connectivity index (χ1) is 15.6. The van der Waals surface area contributed by atoms with Crippen molar-refractivity contribution >= 4 is 18.5 Å². The molecule has 0 spiro atoms. The normalized spacial score (nSPS) is 38.9. The summed E-state index contributed by atoms with van der Waals surface area (Å²) in [7, 11) is 6.92. The molecule has 6 atom stereocenters. The van der Waals surface area contributed by atoms with Gasteiger partial charge in [-0.1, -0.05) is 74.2 Å². The van der Waals surface area contributed by atoms with E-state index in [-0.39, 0.29) is 10.3 Å². The molecule has 6 unspecified atom stereocenters. The van der Waals surface area contributed by atoms with Gasteiger partial charge in [0.25, 0.3) is 0 Å². The Labute approximate surface area is 200 Å². The lowest BCUT2D eigenvalue weighted by atomic mass is 9.74. The zero-order valence-electron chi connectivity index (χ0n) is 19.6. The van der Waals surface area contributed by atoms with Crippen molar-refractivity contribution < 1.29 is 0 Å². The summed E-state index contributed by atoms with van der Waals surface area (Å²) in [6.45, 7) is 0. The van der Waals surface area contributed by atoms with Crippen molar-refractivity contribution in [2.24, 2.45) is 23.7 Å². The Morgan fingerprint density at radius 1 is 0.469 bits per heavy atom. The first-order valence-corrected chi connectivity index (χ1v) is 14.6. The summed E-state index contributed by atoms with van der Waals surface area (Å²) >= 11 is 0. The molecule has 0 nitrogen and oxygen atoms in total. The van der Waals surface area contributed by atoms with Gasteiger partial charge < -0.3 is 0 Å². The molecule has 4 saturated carbocycles. The van der Waals surface area contributed by atoms with E-state index in [1.807, 2.05) is 0 Å². The fraction of sp³-hybridized carbons (Fsp3) is 0.600. The third kappa shape index (κ3) is 3.23. The van der Waals surface area contributed by atoms with Crippen LogP contribution >= 0.6 is 18.5 Å². The minimum Gasteiger partial charge on any atom is -0.126 e. The van der Waals surface area contributed by atoms with E-state index >= 15 is 0 Å². The summed E-state index contributed by atoms with van der Waals surface area (Å²) in [4.78, 5) is 0. The Morgan fingerprint density at radius 3 is 1.12 bits per heavy atom. The van der Waals surface area contributed by atoms with Crippen LogP contribution in [-0.2, 0) is 10.3 Å². The summed E-state index contributed by atoms with van der Waals surface area (Å²) in [5.41, 5.74) is 6.31. The minimum atomic E-state index is 0.261. The fourth-order valence-electron chi connectivity index (χ4n) is 8.59. The van der Waals surface area contributed by atoms with Crippen LogP contribution in [0.25, 0.3) is 11.1 Å². The van der Waals surface area contributed by atoms with E-state index in [2.05, 4.69) is 67.0 Å². The van der Waals surface area contributed by atoms with Crippen LogP contribution in [0.2, 0.25) is 0 Å². The molecule has 4 fully saturated rings. The van der Waals surface area contributed by atoms with Gasteiger partial charge in [0.2, 0.25) is 0 Å². The number of hydrogen-bond donors (Lipinski definition) is 0. The van der Waals surface area contributed by atoms with Gasteiger partial charge in [0.15, 0.2) is 0 Å². The van der Waals surface area contributed by atoms with Crippen molar-refractivity contribution in [3.63, 3.8) is 0 Å². The van der Waals surface area contributed by atoms with Gasteiger partial charge in [-0.05, 0) is 97.3 Å². The van der Waals surface area contributed by atoms with Crippen molar-refractivity contribution in [2.45, 2.75) is 87.4 Å². The van der Waals surface area contributed by atoms with Gasteiger partial charge in [0, 0.05) is 10.3 Å². The van der Waals surface area contributed by atoms with E-state index in [0.717, 1.165) is 23.7 Å². The highest BCUT2D eigenvalue weighted by molar-refractivity contribution is 7.18. The molecule has 0 saturated heterocycles. The van der Waals surface area contributed by atoms with Gasteiger partial charge in [-0.2, -0.15) is 0 Å². The zero-order chi connectivity index (χ0) is 21.8. The Morgan fingerprint density at radius 2 is 0.781 bits per heavy atom. The van der Waals surface area contributed by atoms with Crippen molar-refractivity contribution in [3.8, 4) is 11.1 Å². The Hall–Kier alpha value is -0.700. The van der Waals surface area contributed by atoms with E-state index in [9.17, 15) is 0 Å². The molecule has 170 valence electrons. The number of rotatable bonds is 3. The minimum absolute atomic E-state index is 0.261. The maximum absolute atomic E-state index is 3.46. The highest BCUT2D eigenvalue weighted by atomic mass is 31.0. The second-order valence-corrected chi connectivity index (χ2v) is 13.4. The molecule has 2 aromatic carbocycles. The van der Waals surface area contributed by atoms with Crippen molar-refractivity contribution in [1.82, 2.24) is 0 Å². The van der Waals surface area contributed by atoms with Crippen molar-refractivity contribution in [3.05, 3.63) is 59.7 Å². The van der Waals surface area contributed by atoms with Gasteiger partial charge in [0.05, 0.1) is 0 Å². The number of hydrogen-bond acceptors (Lipinski definition) is 0. The molecule has 4 aliphatic carbocycles. The summed E-state index contributed by atoms with van der Waals surface area (Å²) in [5.74, 6) is 3.30. The van der Waals surface area contributed by atoms with Crippen molar-refractivity contribution in [1.29, 1.82) is 0 Å². The van der Waals surface area contributed by atoms with Crippen LogP contribution < -0.4 is 0 Å². The molecule has 0 aliphatic heterocycles. The van der Waals surface area contributed by atoms with Crippen LogP contribution in [0.3, 0.4) is 0 Å². The molecule has 0 amide bonds. The lowest BCUT2D eigenvalue weighted by molar-refractivity contribution is 0.369. The van der Waals surface area contributed by atoms with Gasteiger partial charge in [-0.15, -0.1) is 18.5 Å². The largest absolute Gasteiger partial charge is 0.126 e. The summed E-state index contributed by atoms with van der Waals surface area (Å²) in [5, 5.41) is 0.521. The molecule has 0 N–H and O–H groups in total. The molecule has 4 bridgehead atoms. The molecule has 0 radical (unpaired) electrons. The maximum atomic E-state index is 3.46. The quantitative estimate of drug-likeness (QED) is 0.400. The second-order valence-electron chi connectivity index (χ2n) is 11.5. The van der Waals surface area contributed by atoms with Crippen LogP contribution in [0, 0.1) is 23.7 Å². The van der Waals surface area contributed by atoms with Crippen LogP contribution in [0.1, 0.15) is 88.2 Å². The Balaban J connectivity index is 1.51. The fourth-order valence-corrected chi connectivity index (χ4v) is 10.4. The first-order valence-electron chi connectivity index (χ1n) is 13.4. The van der Waals surface area contributed by atoms with E-state index in [1.165, 1.54) is 88.2 Å². The van der Waals surface area contributed by atoms with Crippen LogP contribution in [-0.4, -0.2) is 0 Å². The Kier molecular flexibility index (Phi) is 5.80. The van der Waals surface area contributed by atoms with Gasteiger partial charge >= 0.3 is 0 Å². The lowest BCUT2D eigenvalue weighted by Crippen LogP contribution is -2.31. The lowest BCUT2D eigenvalue weighted by Gasteiger charge is -2.40. The van der Waals surface area contributed by atoms with Crippen LogP contribution in [0.5, 0.6) is 0 Å². The smallest absolute Gasteiger partial charge is 0.0160 e. The molecule has 0 aromatic heterocycles. The predicted octanol–water partition coefficient (Wildman–Crippen LogP) is 8.69. The summed E-state index contributed by atoms with van der Waals surface area (Å²) in [6.07, 6.45) is 17.0. The molecule has 0 heterocycles. The van der Waals surface area contributed by atoms with Gasteiger partial charge in [0.1, 0.15) is 0 Å². The van der Waals surface area contributed by atoms with Crippen LogP contribution in [0.15, 0.2) is 48.5 Å². The monoisotopic (exact) mass is 462 g/mol. The standard InChI is InChI=1S/C30H40P2/c31-29(21-9-1-2-10-22(29)18-17-21)27-15-7-5-13-25(27)26-14-6-8-16-28(26)30(32)23-11-3-4-12-24(30)20-19-23/h5-8,13-16,21-24H,1-4,9-12,17-20,31-32H2. The number of benzene rings is 2. The Bertz CT molecular complexity index is 871. The third-order valence-electron chi connectivity index (χ3n) is 10.2. The van der Waals surface area contributed by atoms with Crippen molar-refractivity contribution in [2.75, 3.05) is 0 Å². The second kappa shape index (κ2) is 8.51. The molecule has 32 heavy (non-hydrogen) atoms. The zero-order valence-corrected chi connectivity index (χ0v) is 21.9. The first kappa shape index (κ1) is 21.8. The molecule has 6 rings (SSSR count). The summed E-state index contributed by atoms with van der Waals surface area (Å²) in [6, 6.07) is 19.1. The van der Waals surface area contributed by atoms with E-state index < -0.39 is 0 Å². The van der Waals surface area contributed by atoms with E-state index in [4.69, 9.17) is 0 Å². The predicted molar refractivity (Wildman–Crippen MR) is 144 cm³/mol. The van der Waals surface area contributed by atoms with Gasteiger partial charge in [-0.3, -0.25) is 0 Å². The average Bonchev–Trinajstić information content (AvgIpc) is 3.14. The van der Waals surface area contributed by atoms with E-state index in [1.54, 1.807) is 11.1 Å². The molecular formula is C30H40P2. The van der Waals surface area contributed by atoms with Gasteiger partial charge in [-0.25, -0.2) is 0 Å². The highest BCUT2D eigenvalue weighted by Crippen LogP contribution is 2.63. The molecule has 2 aromatic rings. The van der Waals surface area contributed by atoms with Crippen LogP contribution in [0.4, 0.5) is 0 Å². The average molecular weight is 463 g/mol. The van der Waals surface area contributed by atoms with E-state index in [0.29, 0.717) is 0 Å². The molecule has 2 heteroatoms. The topological polar surface area (TPSA) is 0 Å². The molecule has 4 aliphatic rings. The maximum Gasteiger partial charge on any atom is 0.0160 e. The SMILES string of the molecule is PC1(c2ccccc2-c2ccccc2C2(P)C3CCCCC2CC3)C2CCCCC1CC2.